The van der Waals surface area contributed by atoms with Crippen molar-refractivity contribution in [2.24, 2.45) is 0 Å². The number of thioether (sulfide) groups is 1. The summed E-state index contributed by atoms with van der Waals surface area (Å²) in [6.07, 6.45) is 1.56. The lowest BCUT2D eigenvalue weighted by atomic mass is 10.2. The largest absolute Gasteiger partial charge is 0.492 e. The summed E-state index contributed by atoms with van der Waals surface area (Å²) in [4.78, 5) is 4.74. The number of rotatable bonds is 10. The molecule has 0 aliphatic rings. The van der Waals surface area contributed by atoms with E-state index in [9.17, 15) is 0 Å². The van der Waals surface area contributed by atoms with Crippen LogP contribution >= 0.6 is 57.9 Å². The smallest absolute Gasteiger partial charge is 0.191 e. The molecule has 2 aromatic carbocycles. The van der Waals surface area contributed by atoms with Crippen LogP contribution in [-0.2, 0) is 18.7 Å². The SMILES string of the molecule is CCn1c(CCCOc2ccc(Cl)cc2Cl)nnc1SCc1csc(-c2ccccc2Cl)n1. The number of aromatic nitrogens is 4. The average Bonchev–Trinajstić information content (AvgIpc) is 3.43. The maximum atomic E-state index is 6.30. The Morgan fingerprint density at radius 3 is 2.70 bits per heavy atom. The Labute approximate surface area is 216 Å². The maximum Gasteiger partial charge on any atom is 0.191 e. The fraction of sp³-hybridized carbons (Fsp3) is 0.261. The van der Waals surface area contributed by atoms with E-state index >= 15 is 0 Å². The Morgan fingerprint density at radius 1 is 1.06 bits per heavy atom. The normalized spacial score (nSPS) is 11.2. The Kier molecular flexibility index (Phi) is 8.55. The van der Waals surface area contributed by atoms with Gasteiger partial charge < -0.3 is 9.30 Å². The van der Waals surface area contributed by atoms with Crippen LogP contribution in [-0.4, -0.2) is 26.4 Å². The Balaban J connectivity index is 1.32. The molecule has 172 valence electrons. The topological polar surface area (TPSA) is 52.8 Å². The molecule has 0 unspecified atom stereocenters. The van der Waals surface area contributed by atoms with Crippen molar-refractivity contribution >= 4 is 57.9 Å². The fourth-order valence-corrected chi connectivity index (χ4v) is 5.83. The minimum Gasteiger partial charge on any atom is -0.492 e. The second-order valence-corrected chi connectivity index (χ2v) is 10.1. The first kappa shape index (κ1) is 24.4. The Bertz CT molecular complexity index is 1230. The summed E-state index contributed by atoms with van der Waals surface area (Å²) in [5, 5.41) is 14.5. The second kappa shape index (κ2) is 11.6. The average molecular weight is 540 g/mol. The summed E-state index contributed by atoms with van der Waals surface area (Å²) >= 11 is 21.6. The van der Waals surface area contributed by atoms with Gasteiger partial charge in [-0.25, -0.2) is 4.98 Å². The van der Waals surface area contributed by atoms with Crippen molar-refractivity contribution in [1.29, 1.82) is 0 Å². The van der Waals surface area contributed by atoms with Gasteiger partial charge in [0.15, 0.2) is 5.16 Å². The molecule has 0 atom stereocenters. The molecule has 10 heteroatoms. The monoisotopic (exact) mass is 538 g/mol. The lowest BCUT2D eigenvalue weighted by molar-refractivity contribution is 0.309. The van der Waals surface area contributed by atoms with E-state index in [2.05, 4.69) is 27.1 Å². The molecule has 0 spiro atoms. The van der Waals surface area contributed by atoms with Crippen molar-refractivity contribution in [3.63, 3.8) is 0 Å². The number of benzene rings is 2. The van der Waals surface area contributed by atoms with Crippen LogP contribution in [0.2, 0.25) is 15.1 Å². The van der Waals surface area contributed by atoms with Gasteiger partial charge in [-0.2, -0.15) is 0 Å². The first-order valence-corrected chi connectivity index (χ1v) is 13.4. The van der Waals surface area contributed by atoms with E-state index in [1.165, 1.54) is 0 Å². The molecular weight excluding hydrogens is 519 g/mol. The molecule has 0 amide bonds. The molecule has 0 saturated heterocycles. The molecule has 4 aromatic rings. The highest BCUT2D eigenvalue weighted by Crippen LogP contribution is 2.32. The van der Waals surface area contributed by atoms with Gasteiger partial charge in [0.05, 0.1) is 22.3 Å². The highest BCUT2D eigenvalue weighted by molar-refractivity contribution is 7.98. The summed E-state index contributed by atoms with van der Waals surface area (Å²) in [6, 6.07) is 13.0. The standard InChI is InChI=1S/C23H21Cl3N4OS2/c1-2-30-21(8-5-11-31-20-10-9-15(24)12-19(20)26)28-29-23(30)33-14-16-13-32-22(27-16)17-6-3-4-7-18(17)25/h3-4,6-7,9-10,12-13H,2,5,8,11,14H2,1H3. The molecule has 5 nitrogen and oxygen atoms in total. The van der Waals surface area contributed by atoms with Crippen molar-refractivity contribution in [2.75, 3.05) is 6.61 Å². The maximum absolute atomic E-state index is 6.30. The van der Waals surface area contributed by atoms with Crippen LogP contribution < -0.4 is 4.74 Å². The molecule has 0 bridgehead atoms. The molecule has 2 heterocycles. The Hall–Kier alpha value is -1.77. The summed E-state index contributed by atoms with van der Waals surface area (Å²) in [5.74, 6) is 2.30. The summed E-state index contributed by atoms with van der Waals surface area (Å²) in [7, 11) is 0. The van der Waals surface area contributed by atoms with Crippen LogP contribution in [0.15, 0.2) is 53.0 Å². The van der Waals surface area contributed by atoms with Crippen molar-refractivity contribution in [3.8, 4) is 16.3 Å². The lowest BCUT2D eigenvalue weighted by Gasteiger charge is -2.09. The number of aryl methyl sites for hydroxylation is 1. The zero-order chi connectivity index (χ0) is 23.2. The van der Waals surface area contributed by atoms with Crippen molar-refractivity contribution < 1.29 is 4.74 Å². The van der Waals surface area contributed by atoms with Gasteiger partial charge in [-0.1, -0.05) is 64.8 Å². The predicted octanol–water partition coefficient (Wildman–Crippen LogP) is 7.69. The number of thiazole rings is 1. The third-order valence-electron chi connectivity index (χ3n) is 4.81. The molecule has 0 aliphatic heterocycles. The van der Waals surface area contributed by atoms with Gasteiger partial charge in [0.2, 0.25) is 0 Å². The van der Waals surface area contributed by atoms with Gasteiger partial charge in [0.1, 0.15) is 16.6 Å². The molecule has 2 aromatic heterocycles. The first-order chi connectivity index (χ1) is 16.0. The lowest BCUT2D eigenvalue weighted by Crippen LogP contribution is -2.06. The van der Waals surface area contributed by atoms with Gasteiger partial charge >= 0.3 is 0 Å². The molecule has 0 saturated carbocycles. The van der Waals surface area contributed by atoms with Crippen LogP contribution in [0, 0.1) is 0 Å². The van der Waals surface area contributed by atoms with Gasteiger partial charge in [-0.05, 0) is 37.6 Å². The van der Waals surface area contributed by atoms with Crippen LogP contribution in [0.4, 0.5) is 0 Å². The number of ether oxygens (including phenoxy) is 1. The molecule has 0 fully saturated rings. The van der Waals surface area contributed by atoms with Gasteiger partial charge in [-0.3, -0.25) is 0 Å². The second-order valence-electron chi connectivity index (χ2n) is 7.08. The summed E-state index contributed by atoms with van der Waals surface area (Å²) in [5.41, 5.74) is 1.96. The van der Waals surface area contributed by atoms with E-state index in [0.29, 0.717) is 27.4 Å². The van der Waals surface area contributed by atoms with Gasteiger partial charge in [0, 0.05) is 34.7 Å². The van der Waals surface area contributed by atoms with Crippen LogP contribution in [0.5, 0.6) is 5.75 Å². The van der Waals surface area contributed by atoms with Crippen molar-refractivity contribution in [2.45, 2.75) is 37.2 Å². The number of hydrogen-bond donors (Lipinski definition) is 0. The highest BCUT2D eigenvalue weighted by atomic mass is 35.5. The number of hydrogen-bond acceptors (Lipinski definition) is 6. The van der Waals surface area contributed by atoms with Crippen molar-refractivity contribution in [1.82, 2.24) is 19.7 Å². The van der Waals surface area contributed by atoms with E-state index in [1.54, 1.807) is 41.3 Å². The molecule has 0 N–H and O–H groups in total. The molecular formula is C23H21Cl3N4OS2. The molecule has 0 aliphatic carbocycles. The first-order valence-electron chi connectivity index (χ1n) is 10.4. The van der Waals surface area contributed by atoms with Gasteiger partial charge in [0.25, 0.3) is 0 Å². The molecule has 0 radical (unpaired) electrons. The van der Waals surface area contributed by atoms with Crippen molar-refractivity contribution in [3.05, 3.63) is 74.4 Å². The van der Waals surface area contributed by atoms with E-state index in [4.69, 9.17) is 44.5 Å². The third kappa shape index (κ3) is 6.22. The van der Waals surface area contributed by atoms with E-state index in [0.717, 1.165) is 52.4 Å². The quantitative estimate of drug-likeness (QED) is 0.153. The highest BCUT2D eigenvalue weighted by Gasteiger charge is 2.14. The summed E-state index contributed by atoms with van der Waals surface area (Å²) in [6.45, 7) is 3.43. The molecule has 4 rings (SSSR count). The predicted molar refractivity (Wildman–Crippen MR) is 138 cm³/mol. The minimum atomic E-state index is 0.512. The third-order valence-corrected chi connectivity index (χ3v) is 7.60. The zero-order valence-corrected chi connectivity index (χ0v) is 21.7. The Morgan fingerprint density at radius 2 is 1.91 bits per heavy atom. The van der Waals surface area contributed by atoms with E-state index in [1.807, 2.05) is 24.3 Å². The minimum absolute atomic E-state index is 0.512. The summed E-state index contributed by atoms with van der Waals surface area (Å²) < 4.78 is 7.92. The number of nitrogens with zero attached hydrogens (tertiary/aromatic N) is 4. The van der Waals surface area contributed by atoms with Crippen LogP contribution in [0.1, 0.15) is 24.9 Å². The van der Waals surface area contributed by atoms with Crippen LogP contribution in [0.3, 0.4) is 0 Å². The molecule has 33 heavy (non-hydrogen) atoms. The van der Waals surface area contributed by atoms with Gasteiger partial charge in [-0.15, -0.1) is 21.5 Å². The number of halogens is 3. The fourth-order valence-electron chi connectivity index (χ4n) is 3.20. The van der Waals surface area contributed by atoms with E-state index < -0.39 is 0 Å². The van der Waals surface area contributed by atoms with Crippen LogP contribution in [0.25, 0.3) is 10.6 Å². The van der Waals surface area contributed by atoms with E-state index in [-0.39, 0.29) is 0 Å². The zero-order valence-electron chi connectivity index (χ0n) is 17.8.